The molecule has 0 unspecified atom stereocenters. The van der Waals surface area contributed by atoms with Crippen molar-refractivity contribution >= 4 is 5.97 Å². The van der Waals surface area contributed by atoms with Crippen molar-refractivity contribution in [3.63, 3.8) is 0 Å². The van der Waals surface area contributed by atoms with Crippen molar-refractivity contribution in [2.24, 2.45) is 0 Å². The van der Waals surface area contributed by atoms with E-state index in [1.807, 2.05) is 0 Å². The molecular weight excluding hydrogens is 257 g/mol. The van der Waals surface area contributed by atoms with Crippen LogP contribution in [0.1, 0.15) is 17.3 Å². The summed E-state index contributed by atoms with van der Waals surface area (Å²) in [7, 11) is 0. The molecule has 0 fully saturated rings. The second kappa shape index (κ2) is 15.5. The van der Waals surface area contributed by atoms with Crippen LogP contribution in [0, 0.1) is 15.3 Å². The van der Waals surface area contributed by atoms with Crippen LogP contribution < -0.4 is 51.4 Å². The minimum Gasteiger partial charge on any atom is -0.478 e. The molecule has 0 aliphatic heterocycles. The molecule has 2 N–H and O–H groups in total. The minimum absolute atomic E-state index is 0. The van der Waals surface area contributed by atoms with Crippen molar-refractivity contribution in [1.82, 2.24) is 0 Å². The van der Waals surface area contributed by atoms with Crippen molar-refractivity contribution in [3.8, 4) is 0 Å². The number of carboxylic acid groups (broad SMARTS) is 1. The summed E-state index contributed by atoms with van der Waals surface area (Å²) in [6.07, 6.45) is 0. The summed E-state index contributed by atoms with van der Waals surface area (Å²) in [5, 5.41) is 30.7. The predicted molar refractivity (Wildman–Crippen MR) is 56.5 cm³/mol. The van der Waals surface area contributed by atoms with Crippen molar-refractivity contribution in [3.05, 3.63) is 51.2 Å². The van der Waals surface area contributed by atoms with Gasteiger partial charge in [-0.25, -0.2) is 4.79 Å². The fourth-order valence-corrected chi connectivity index (χ4v) is 0.581. The van der Waals surface area contributed by atoms with Gasteiger partial charge in [0.2, 0.25) is 0 Å². The molecule has 0 aliphatic carbocycles. The first-order chi connectivity index (χ1) is 7.45. The number of aliphatic hydroxyl groups is 1. The van der Waals surface area contributed by atoms with Crippen molar-refractivity contribution in [1.29, 1.82) is 0 Å². The van der Waals surface area contributed by atoms with Gasteiger partial charge in [-0.3, -0.25) is 0 Å². The summed E-state index contributed by atoms with van der Waals surface area (Å²) >= 11 is 0. The van der Waals surface area contributed by atoms with Crippen LogP contribution in [0.3, 0.4) is 0 Å². The third kappa shape index (κ3) is 21.3. The molecule has 0 aromatic heterocycles. The largest absolute Gasteiger partial charge is 1.00 e. The van der Waals surface area contributed by atoms with Gasteiger partial charge >= 0.3 is 57.4 Å². The SMILES string of the molecule is CCO.O=C(O)c1ccccc1.O=[N+]([O-])[O-].[K+]. The van der Waals surface area contributed by atoms with Crippen LogP contribution >= 0.6 is 0 Å². The van der Waals surface area contributed by atoms with Gasteiger partial charge in [-0.1, -0.05) is 18.2 Å². The van der Waals surface area contributed by atoms with Gasteiger partial charge in [0, 0.05) is 6.61 Å². The zero-order valence-electron chi connectivity index (χ0n) is 9.57. The van der Waals surface area contributed by atoms with Crippen LogP contribution in [0.2, 0.25) is 0 Å². The third-order valence-corrected chi connectivity index (χ3v) is 1.02. The smallest absolute Gasteiger partial charge is 0.478 e. The molecule has 8 heteroatoms. The van der Waals surface area contributed by atoms with Gasteiger partial charge in [-0.15, -0.1) is 0 Å². The minimum atomic E-state index is -1.75. The van der Waals surface area contributed by atoms with Gasteiger partial charge in [0.05, 0.1) is 10.7 Å². The van der Waals surface area contributed by atoms with Crippen LogP contribution in [-0.2, 0) is 0 Å². The monoisotopic (exact) mass is 269 g/mol. The Bertz CT molecular complexity index is 302. The van der Waals surface area contributed by atoms with Gasteiger partial charge in [0.1, 0.15) is 0 Å². The fourth-order valence-electron chi connectivity index (χ4n) is 0.581. The zero-order valence-corrected chi connectivity index (χ0v) is 12.7. The van der Waals surface area contributed by atoms with E-state index in [1.54, 1.807) is 37.3 Å². The maximum atomic E-state index is 10.2. The second-order valence-electron chi connectivity index (χ2n) is 2.21. The molecule has 0 saturated heterocycles. The van der Waals surface area contributed by atoms with E-state index in [9.17, 15) is 4.79 Å². The van der Waals surface area contributed by atoms with Crippen LogP contribution in [0.4, 0.5) is 0 Å². The number of benzene rings is 1. The van der Waals surface area contributed by atoms with E-state index >= 15 is 0 Å². The molecule has 0 atom stereocenters. The summed E-state index contributed by atoms with van der Waals surface area (Å²) in [5.74, 6) is -0.879. The number of rotatable bonds is 1. The topological polar surface area (TPSA) is 124 Å². The Labute approximate surface area is 141 Å². The third-order valence-electron chi connectivity index (χ3n) is 1.02. The summed E-state index contributed by atoms with van der Waals surface area (Å²) in [4.78, 5) is 18.5. The Kier molecular flexibility index (Phi) is 19.8. The second-order valence-corrected chi connectivity index (χ2v) is 2.21. The summed E-state index contributed by atoms with van der Waals surface area (Å²) in [5.41, 5.74) is 0.331. The molecule has 17 heavy (non-hydrogen) atoms. The molecule has 0 radical (unpaired) electrons. The molecule has 1 aromatic rings. The van der Waals surface area contributed by atoms with E-state index in [0.717, 1.165) is 0 Å². The van der Waals surface area contributed by atoms with Crippen molar-refractivity contribution in [2.75, 3.05) is 6.61 Å². The first-order valence-electron chi connectivity index (χ1n) is 4.16. The molecule has 0 amide bonds. The number of aromatic carboxylic acids is 1. The number of aliphatic hydroxyl groups excluding tert-OH is 1. The first-order valence-corrected chi connectivity index (χ1v) is 4.16. The van der Waals surface area contributed by atoms with E-state index in [-0.39, 0.29) is 58.0 Å². The Morgan fingerprint density at radius 3 is 1.76 bits per heavy atom. The van der Waals surface area contributed by atoms with Crippen molar-refractivity contribution < 1.29 is 71.5 Å². The van der Waals surface area contributed by atoms with E-state index in [1.165, 1.54) is 0 Å². The molecule has 0 spiro atoms. The average molecular weight is 269 g/mol. The summed E-state index contributed by atoms with van der Waals surface area (Å²) in [6.45, 7) is 1.93. The molecule has 90 valence electrons. The number of nitrogens with zero attached hydrogens (tertiary/aromatic N) is 1. The van der Waals surface area contributed by atoms with Crippen LogP contribution in [0.15, 0.2) is 30.3 Å². The fraction of sp³-hybridized carbons (Fsp3) is 0.222. The van der Waals surface area contributed by atoms with Gasteiger partial charge in [-0.2, -0.15) is 0 Å². The molecular formula is C9H12KNO6. The number of carboxylic acids is 1. The molecule has 1 rings (SSSR count). The van der Waals surface area contributed by atoms with E-state index in [0.29, 0.717) is 5.56 Å². The first kappa shape index (κ1) is 21.7. The normalized spacial score (nSPS) is 7.18. The van der Waals surface area contributed by atoms with E-state index in [2.05, 4.69) is 0 Å². The van der Waals surface area contributed by atoms with Gasteiger partial charge in [0.15, 0.2) is 0 Å². The average Bonchev–Trinajstić information content (AvgIpc) is 2.19. The number of hydrogen-bond acceptors (Lipinski definition) is 5. The quantitative estimate of drug-likeness (QED) is 0.350. The Balaban J connectivity index is -0.000000210. The maximum absolute atomic E-state index is 10.2. The summed E-state index contributed by atoms with van der Waals surface area (Å²) in [6, 6.07) is 8.30. The van der Waals surface area contributed by atoms with Gasteiger partial charge < -0.3 is 25.5 Å². The standard InChI is InChI=1S/C7H6O2.C2H6O.K.NO3/c8-7(9)6-4-2-1-3-5-6;1-2-3;;2-1(3)4/h1-5H,(H,8,9);3H,2H2,1H3;;/q;;+1;-1. The Morgan fingerprint density at radius 2 is 1.59 bits per heavy atom. The predicted octanol–water partition coefficient (Wildman–Crippen LogP) is -1.85. The summed E-state index contributed by atoms with van der Waals surface area (Å²) < 4.78 is 0. The molecule has 0 saturated carbocycles. The van der Waals surface area contributed by atoms with Crippen molar-refractivity contribution in [2.45, 2.75) is 6.92 Å². The number of hydrogen-bond donors (Lipinski definition) is 2. The molecule has 7 nitrogen and oxygen atoms in total. The Hall–Kier alpha value is -0.514. The van der Waals surface area contributed by atoms with Gasteiger partial charge in [-0.05, 0) is 19.1 Å². The van der Waals surface area contributed by atoms with Crippen LogP contribution in [0.25, 0.3) is 0 Å². The Morgan fingerprint density at radius 1 is 1.29 bits per heavy atom. The van der Waals surface area contributed by atoms with Gasteiger partial charge in [0.25, 0.3) is 0 Å². The molecule has 0 bridgehead atoms. The molecule has 0 aliphatic rings. The van der Waals surface area contributed by atoms with Crippen LogP contribution in [0.5, 0.6) is 0 Å². The zero-order chi connectivity index (χ0) is 13.0. The van der Waals surface area contributed by atoms with E-state index in [4.69, 9.17) is 25.5 Å². The molecule has 0 heterocycles. The number of carbonyl (C=O) groups is 1. The van der Waals surface area contributed by atoms with Crippen LogP contribution in [-0.4, -0.2) is 27.9 Å². The maximum Gasteiger partial charge on any atom is 1.00 e. The molecule has 1 aromatic carbocycles. The van der Waals surface area contributed by atoms with E-state index < -0.39 is 11.1 Å².